The molecule has 0 radical (unpaired) electrons. The van der Waals surface area contributed by atoms with E-state index < -0.39 is 0 Å². The lowest BCUT2D eigenvalue weighted by Crippen LogP contribution is -2.26. The summed E-state index contributed by atoms with van der Waals surface area (Å²) in [6, 6.07) is 24.2. The molecule has 204 valence electrons. The van der Waals surface area contributed by atoms with Crippen molar-refractivity contribution in [3.8, 4) is 0 Å². The first kappa shape index (κ1) is 28.3. The Labute approximate surface area is 231 Å². The summed E-state index contributed by atoms with van der Waals surface area (Å²) in [4.78, 5) is 24.4. The first-order chi connectivity index (χ1) is 18.9. The first-order valence-electron chi connectivity index (χ1n) is 13.9. The molecule has 2 N–H and O–H groups in total. The number of fused-ring (bicyclic) bond motifs is 2. The van der Waals surface area contributed by atoms with Crippen molar-refractivity contribution in [1.29, 1.82) is 0 Å². The number of carbonyl (C=O) groups excluding carboxylic acids is 2. The predicted octanol–water partition coefficient (Wildman–Crippen LogP) is 6.10. The van der Waals surface area contributed by atoms with Crippen LogP contribution in [0.25, 0.3) is 6.08 Å². The summed E-state index contributed by atoms with van der Waals surface area (Å²) >= 11 is 0. The molecule has 1 amide bonds. The van der Waals surface area contributed by atoms with Crippen LogP contribution in [0.2, 0.25) is 0 Å². The van der Waals surface area contributed by atoms with Gasteiger partial charge in [0.05, 0.1) is 6.61 Å². The van der Waals surface area contributed by atoms with Crippen molar-refractivity contribution < 1.29 is 19.4 Å². The van der Waals surface area contributed by atoms with E-state index in [1.807, 2.05) is 24.3 Å². The summed E-state index contributed by atoms with van der Waals surface area (Å²) in [7, 11) is 0. The minimum Gasteiger partial charge on any atom is -0.457 e. The number of carbonyl (C=O) groups is 2. The van der Waals surface area contributed by atoms with Gasteiger partial charge in [0.15, 0.2) is 0 Å². The summed E-state index contributed by atoms with van der Waals surface area (Å²) < 4.78 is 5.95. The molecule has 0 fully saturated rings. The summed E-state index contributed by atoms with van der Waals surface area (Å²) in [5.41, 5.74) is 6.87. The second-order valence-electron chi connectivity index (χ2n) is 10.7. The third-order valence-corrected chi connectivity index (χ3v) is 7.26. The SMILES string of the molecule is C1=Cc2ccccc2C1.CC(C)CCC(=O)OC1c2ccccc2C[C@H]1Cc1ccc(C(=O)NCCO)cc1. The molecule has 0 aliphatic heterocycles. The number of hydrogen-bond acceptors (Lipinski definition) is 4. The highest BCUT2D eigenvalue weighted by molar-refractivity contribution is 5.94. The van der Waals surface area contributed by atoms with Crippen molar-refractivity contribution in [2.24, 2.45) is 11.8 Å². The number of hydrogen-bond donors (Lipinski definition) is 2. The van der Waals surface area contributed by atoms with Crippen LogP contribution in [0, 0.1) is 11.8 Å². The minimum atomic E-state index is -0.228. The molecule has 0 spiro atoms. The summed E-state index contributed by atoms with van der Waals surface area (Å²) in [5, 5.41) is 11.5. The molecule has 2 aliphatic rings. The minimum absolute atomic E-state index is 0.0800. The van der Waals surface area contributed by atoms with Crippen LogP contribution in [-0.2, 0) is 28.8 Å². The zero-order valence-corrected chi connectivity index (χ0v) is 22.9. The van der Waals surface area contributed by atoms with Gasteiger partial charge in [0.1, 0.15) is 6.10 Å². The molecular weight excluding hydrogens is 486 g/mol. The summed E-state index contributed by atoms with van der Waals surface area (Å²) in [6.45, 7) is 4.37. The number of aliphatic hydroxyl groups is 1. The zero-order chi connectivity index (χ0) is 27.6. The van der Waals surface area contributed by atoms with E-state index in [1.165, 1.54) is 16.7 Å². The molecule has 5 heteroatoms. The predicted molar refractivity (Wildman–Crippen MR) is 155 cm³/mol. The number of aliphatic hydroxyl groups excluding tert-OH is 1. The molecular formula is C34H39NO4. The maximum absolute atomic E-state index is 12.4. The van der Waals surface area contributed by atoms with Crippen molar-refractivity contribution in [1.82, 2.24) is 5.32 Å². The molecule has 1 unspecified atom stereocenters. The Hall–Kier alpha value is -3.70. The van der Waals surface area contributed by atoms with Gasteiger partial charge in [-0.3, -0.25) is 9.59 Å². The highest BCUT2D eigenvalue weighted by Crippen LogP contribution is 2.40. The Kier molecular flexibility index (Phi) is 10.1. The molecule has 0 saturated carbocycles. The number of amides is 1. The molecule has 3 aromatic carbocycles. The molecule has 5 nitrogen and oxygen atoms in total. The van der Waals surface area contributed by atoms with E-state index >= 15 is 0 Å². The largest absolute Gasteiger partial charge is 0.457 e. The fraction of sp³-hybridized carbons (Fsp3) is 0.353. The van der Waals surface area contributed by atoms with E-state index in [1.54, 1.807) is 12.1 Å². The van der Waals surface area contributed by atoms with Crippen LogP contribution in [0.5, 0.6) is 0 Å². The highest BCUT2D eigenvalue weighted by Gasteiger charge is 2.35. The summed E-state index contributed by atoms with van der Waals surface area (Å²) in [5.74, 6) is 0.323. The number of benzene rings is 3. The van der Waals surface area contributed by atoms with Crippen molar-refractivity contribution in [3.05, 3.63) is 112 Å². The topological polar surface area (TPSA) is 75.6 Å². The molecule has 0 saturated heterocycles. The van der Waals surface area contributed by atoms with Crippen LogP contribution in [0.3, 0.4) is 0 Å². The number of rotatable bonds is 9. The van der Waals surface area contributed by atoms with Gasteiger partial charge >= 0.3 is 5.97 Å². The fourth-order valence-corrected chi connectivity index (χ4v) is 5.15. The average molecular weight is 526 g/mol. The van der Waals surface area contributed by atoms with Gasteiger partial charge < -0.3 is 15.2 Å². The zero-order valence-electron chi connectivity index (χ0n) is 22.9. The monoisotopic (exact) mass is 525 g/mol. The number of allylic oxidation sites excluding steroid dienone is 1. The quantitative estimate of drug-likeness (QED) is 0.331. The normalized spacial score (nSPS) is 16.7. The van der Waals surface area contributed by atoms with Crippen molar-refractivity contribution in [2.75, 3.05) is 13.2 Å². The van der Waals surface area contributed by atoms with Crippen LogP contribution in [-0.4, -0.2) is 30.1 Å². The van der Waals surface area contributed by atoms with Gasteiger partial charge in [0, 0.05) is 24.4 Å². The Bertz CT molecular complexity index is 1280. The lowest BCUT2D eigenvalue weighted by molar-refractivity contribution is -0.152. The fourth-order valence-electron chi connectivity index (χ4n) is 5.15. The molecule has 3 aromatic rings. The molecule has 0 heterocycles. The van der Waals surface area contributed by atoms with Gasteiger partial charge in [-0.2, -0.15) is 0 Å². The number of esters is 1. The third kappa shape index (κ3) is 7.90. The van der Waals surface area contributed by atoms with Crippen molar-refractivity contribution >= 4 is 18.0 Å². The highest BCUT2D eigenvalue weighted by atomic mass is 16.5. The number of ether oxygens (including phenoxy) is 1. The lowest BCUT2D eigenvalue weighted by Gasteiger charge is -2.21. The standard InChI is InChI=1S/C25H31NO4.C9H8/c1-17(2)7-12-23(28)30-24-21(16-20-5-3-4-6-22(20)24)15-18-8-10-19(11-9-18)25(29)26-13-14-27;1-2-5-9-7-3-6-8(9)4-1/h3-6,8-11,17,21,24,27H,7,12-16H2,1-2H3,(H,26,29);1-6H,7H2/t21-,24?;/m1./s1. The van der Waals surface area contributed by atoms with Crippen LogP contribution < -0.4 is 5.32 Å². The van der Waals surface area contributed by atoms with Crippen LogP contribution in [0.4, 0.5) is 0 Å². The van der Waals surface area contributed by atoms with Crippen molar-refractivity contribution in [2.45, 2.75) is 52.1 Å². The Balaban J connectivity index is 0.000000327. The molecule has 2 atom stereocenters. The molecule has 2 aliphatic carbocycles. The Morgan fingerprint density at radius 2 is 1.69 bits per heavy atom. The van der Waals surface area contributed by atoms with Gasteiger partial charge in [-0.05, 0) is 71.6 Å². The van der Waals surface area contributed by atoms with E-state index in [0.29, 0.717) is 17.9 Å². The maximum atomic E-state index is 12.4. The summed E-state index contributed by atoms with van der Waals surface area (Å²) in [6.07, 6.45) is 8.19. The van der Waals surface area contributed by atoms with E-state index in [9.17, 15) is 9.59 Å². The second kappa shape index (κ2) is 13.9. The average Bonchev–Trinajstić information content (AvgIpc) is 3.56. The Morgan fingerprint density at radius 3 is 2.41 bits per heavy atom. The van der Waals surface area contributed by atoms with Gasteiger partial charge in [-0.1, -0.05) is 86.7 Å². The Morgan fingerprint density at radius 1 is 0.974 bits per heavy atom. The van der Waals surface area contributed by atoms with Crippen molar-refractivity contribution in [3.63, 3.8) is 0 Å². The van der Waals surface area contributed by atoms with E-state index in [2.05, 4.69) is 67.7 Å². The number of nitrogens with one attached hydrogen (secondary N) is 1. The second-order valence-corrected chi connectivity index (χ2v) is 10.7. The molecule has 0 aromatic heterocycles. The van der Waals surface area contributed by atoms with Gasteiger partial charge in [-0.15, -0.1) is 0 Å². The van der Waals surface area contributed by atoms with Crippen LogP contribution in [0.1, 0.15) is 71.0 Å². The molecule has 39 heavy (non-hydrogen) atoms. The molecule has 0 bridgehead atoms. The van der Waals surface area contributed by atoms with E-state index in [0.717, 1.165) is 36.8 Å². The maximum Gasteiger partial charge on any atom is 0.306 e. The van der Waals surface area contributed by atoms with E-state index in [4.69, 9.17) is 9.84 Å². The third-order valence-electron chi connectivity index (χ3n) is 7.26. The smallest absolute Gasteiger partial charge is 0.306 e. The first-order valence-corrected chi connectivity index (χ1v) is 13.9. The van der Waals surface area contributed by atoms with Gasteiger partial charge in [0.25, 0.3) is 5.91 Å². The molecule has 5 rings (SSSR count). The van der Waals surface area contributed by atoms with Gasteiger partial charge in [-0.25, -0.2) is 0 Å². The van der Waals surface area contributed by atoms with Gasteiger partial charge in [0.2, 0.25) is 0 Å². The van der Waals surface area contributed by atoms with E-state index in [-0.39, 0.29) is 37.0 Å². The van der Waals surface area contributed by atoms with Crippen LogP contribution in [0.15, 0.2) is 78.9 Å². The lowest BCUT2D eigenvalue weighted by atomic mass is 9.94. The van der Waals surface area contributed by atoms with Crippen LogP contribution >= 0.6 is 0 Å².